The highest BCUT2D eigenvalue weighted by Gasteiger charge is 2.28. The van der Waals surface area contributed by atoms with E-state index in [1.165, 1.54) is 7.11 Å². The summed E-state index contributed by atoms with van der Waals surface area (Å²) < 4.78 is 17.4. The number of benzene rings is 2. The minimum atomic E-state index is -0.631. The molecular formula is C22H24O4. The molecule has 0 fully saturated rings. The minimum Gasteiger partial charge on any atom is -0.504 e. The van der Waals surface area contributed by atoms with Crippen LogP contribution in [0.5, 0.6) is 17.2 Å². The van der Waals surface area contributed by atoms with E-state index in [0.717, 1.165) is 27.8 Å². The van der Waals surface area contributed by atoms with Crippen molar-refractivity contribution < 1.29 is 19.3 Å². The zero-order valence-electron chi connectivity index (χ0n) is 15.7. The van der Waals surface area contributed by atoms with Gasteiger partial charge in [0.05, 0.1) is 7.11 Å². The number of hydrogen-bond donors (Lipinski definition) is 1. The molecule has 4 heteroatoms. The van der Waals surface area contributed by atoms with Gasteiger partial charge in [0.25, 0.3) is 0 Å². The molecule has 0 spiro atoms. The smallest absolute Gasteiger partial charge is 0.203 e. The molecule has 0 aromatic heterocycles. The third kappa shape index (κ3) is 2.92. The van der Waals surface area contributed by atoms with Crippen molar-refractivity contribution in [2.45, 2.75) is 33.0 Å². The molecule has 1 N–H and O–H groups in total. The van der Waals surface area contributed by atoms with Crippen LogP contribution >= 0.6 is 0 Å². The van der Waals surface area contributed by atoms with E-state index in [9.17, 15) is 5.11 Å². The molecule has 2 aromatic carbocycles. The average Bonchev–Trinajstić information content (AvgIpc) is 2.97. The number of hydrogen-bond acceptors (Lipinski definition) is 4. The van der Waals surface area contributed by atoms with Gasteiger partial charge in [-0.15, -0.1) is 0 Å². The van der Waals surface area contributed by atoms with Crippen LogP contribution in [0.2, 0.25) is 0 Å². The Balaban J connectivity index is 2.24. The van der Waals surface area contributed by atoms with Crippen LogP contribution in [0.15, 0.2) is 49.1 Å². The Morgan fingerprint density at radius 2 is 1.81 bits per heavy atom. The molecule has 3 rings (SSSR count). The molecule has 136 valence electrons. The first-order valence-electron chi connectivity index (χ1n) is 8.45. The molecule has 0 saturated heterocycles. The topological polar surface area (TPSA) is 47.9 Å². The standard InChI is InChI=1S/C22H24O4/c1-13(2)22(4,5)26-20-17(10-11-19(23)21(20)24-6)16-9-7-8-15-14(3)25-12-18(15)16/h7-11,23H,1,3,12H2,2,4-6H3. The van der Waals surface area contributed by atoms with E-state index in [4.69, 9.17) is 14.2 Å². The van der Waals surface area contributed by atoms with E-state index in [1.54, 1.807) is 6.07 Å². The highest BCUT2D eigenvalue weighted by molar-refractivity contribution is 5.82. The molecule has 0 unspecified atom stereocenters. The summed E-state index contributed by atoms with van der Waals surface area (Å²) in [5, 5.41) is 10.3. The van der Waals surface area contributed by atoms with Gasteiger partial charge in [0.15, 0.2) is 11.5 Å². The van der Waals surface area contributed by atoms with Crippen LogP contribution < -0.4 is 9.47 Å². The van der Waals surface area contributed by atoms with Gasteiger partial charge in [-0.2, -0.15) is 0 Å². The molecule has 1 aliphatic rings. The monoisotopic (exact) mass is 352 g/mol. The predicted octanol–water partition coefficient (Wildman–Crippen LogP) is 5.30. The average molecular weight is 352 g/mol. The second-order valence-corrected chi connectivity index (χ2v) is 6.93. The molecule has 1 aliphatic heterocycles. The molecule has 26 heavy (non-hydrogen) atoms. The highest BCUT2D eigenvalue weighted by atomic mass is 16.5. The number of fused-ring (bicyclic) bond motifs is 1. The number of aromatic hydroxyl groups is 1. The van der Waals surface area contributed by atoms with Crippen LogP contribution in [-0.4, -0.2) is 17.8 Å². The summed E-state index contributed by atoms with van der Waals surface area (Å²) in [4.78, 5) is 0. The van der Waals surface area contributed by atoms with Gasteiger partial charge in [-0.05, 0) is 44.0 Å². The maximum Gasteiger partial charge on any atom is 0.203 e. The summed E-state index contributed by atoms with van der Waals surface area (Å²) in [6, 6.07) is 9.40. The quantitative estimate of drug-likeness (QED) is 0.742. The zero-order valence-corrected chi connectivity index (χ0v) is 15.7. The normalized spacial score (nSPS) is 13.2. The van der Waals surface area contributed by atoms with E-state index in [1.807, 2.05) is 45.0 Å². The van der Waals surface area contributed by atoms with Crippen molar-refractivity contribution in [3.63, 3.8) is 0 Å². The van der Waals surface area contributed by atoms with E-state index < -0.39 is 5.60 Å². The molecule has 4 nitrogen and oxygen atoms in total. The number of phenols is 1. The van der Waals surface area contributed by atoms with Crippen LogP contribution in [0.4, 0.5) is 0 Å². The van der Waals surface area contributed by atoms with E-state index in [-0.39, 0.29) is 5.75 Å². The Kier molecular flexibility index (Phi) is 4.45. The number of ether oxygens (including phenoxy) is 3. The van der Waals surface area contributed by atoms with Crippen LogP contribution in [0.25, 0.3) is 16.9 Å². The summed E-state index contributed by atoms with van der Waals surface area (Å²) in [6.07, 6.45) is 0. The van der Waals surface area contributed by atoms with Crippen LogP contribution in [0.1, 0.15) is 31.9 Å². The summed E-state index contributed by atoms with van der Waals surface area (Å²) in [5.74, 6) is 1.47. The summed E-state index contributed by atoms with van der Waals surface area (Å²) in [5.41, 5.74) is 4.05. The highest BCUT2D eigenvalue weighted by Crippen LogP contribution is 2.48. The van der Waals surface area contributed by atoms with E-state index >= 15 is 0 Å². The molecule has 0 saturated carbocycles. The molecule has 0 radical (unpaired) electrons. The van der Waals surface area contributed by atoms with Gasteiger partial charge in [0, 0.05) is 16.7 Å². The fourth-order valence-electron chi connectivity index (χ4n) is 2.90. The largest absolute Gasteiger partial charge is 0.504 e. The summed E-state index contributed by atoms with van der Waals surface area (Å²) in [6.45, 7) is 14.2. The Labute approximate surface area is 154 Å². The molecule has 1 heterocycles. The maximum atomic E-state index is 10.3. The van der Waals surface area contributed by atoms with Crippen molar-refractivity contribution in [2.75, 3.05) is 7.11 Å². The number of methoxy groups -OCH3 is 1. The second-order valence-electron chi connectivity index (χ2n) is 6.93. The number of phenolic OH excluding ortho intramolecular Hbond substituents is 1. The van der Waals surface area contributed by atoms with E-state index in [0.29, 0.717) is 23.9 Å². The minimum absolute atomic E-state index is 0.0250. The van der Waals surface area contributed by atoms with Gasteiger partial charge in [-0.3, -0.25) is 0 Å². The molecule has 0 bridgehead atoms. The third-order valence-corrected chi connectivity index (χ3v) is 4.84. The van der Waals surface area contributed by atoms with Crippen LogP contribution in [0.3, 0.4) is 0 Å². The van der Waals surface area contributed by atoms with Gasteiger partial charge in [0.1, 0.15) is 18.0 Å². The van der Waals surface area contributed by atoms with Crippen molar-refractivity contribution in [3.8, 4) is 28.4 Å². The van der Waals surface area contributed by atoms with Gasteiger partial charge >= 0.3 is 0 Å². The van der Waals surface area contributed by atoms with Crippen LogP contribution in [0, 0.1) is 0 Å². The zero-order chi connectivity index (χ0) is 19.1. The van der Waals surface area contributed by atoms with Crippen LogP contribution in [-0.2, 0) is 11.3 Å². The summed E-state index contributed by atoms with van der Waals surface area (Å²) in [7, 11) is 1.51. The lowest BCUT2D eigenvalue weighted by atomic mass is 9.94. The lowest BCUT2D eigenvalue weighted by Crippen LogP contribution is -2.29. The Hall–Kier alpha value is -2.88. The van der Waals surface area contributed by atoms with Crippen molar-refractivity contribution >= 4 is 5.76 Å². The van der Waals surface area contributed by atoms with Crippen molar-refractivity contribution in [1.82, 2.24) is 0 Å². The molecule has 2 aromatic rings. The lowest BCUT2D eigenvalue weighted by molar-refractivity contribution is 0.143. The fraction of sp³-hybridized carbons (Fsp3) is 0.273. The second kappa shape index (κ2) is 6.45. The third-order valence-electron chi connectivity index (χ3n) is 4.84. The first kappa shape index (κ1) is 17.9. The van der Waals surface area contributed by atoms with Crippen molar-refractivity contribution in [2.24, 2.45) is 0 Å². The Morgan fingerprint density at radius 3 is 2.46 bits per heavy atom. The first-order valence-corrected chi connectivity index (χ1v) is 8.45. The summed E-state index contributed by atoms with van der Waals surface area (Å²) >= 11 is 0. The van der Waals surface area contributed by atoms with Gasteiger partial charge in [0.2, 0.25) is 5.75 Å². The van der Waals surface area contributed by atoms with Crippen molar-refractivity contribution in [3.05, 3.63) is 60.2 Å². The first-order chi connectivity index (χ1) is 12.3. The van der Waals surface area contributed by atoms with Gasteiger partial charge in [-0.25, -0.2) is 0 Å². The maximum absolute atomic E-state index is 10.3. The Morgan fingerprint density at radius 1 is 1.12 bits per heavy atom. The van der Waals surface area contributed by atoms with E-state index in [2.05, 4.69) is 13.2 Å². The van der Waals surface area contributed by atoms with Gasteiger partial charge in [-0.1, -0.05) is 31.4 Å². The van der Waals surface area contributed by atoms with Crippen molar-refractivity contribution in [1.29, 1.82) is 0 Å². The fourth-order valence-corrected chi connectivity index (χ4v) is 2.90. The van der Waals surface area contributed by atoms with Gasteiger partial charge < -0.3 is 19.3 Å². The molecule has 0 atom stereocenters. The lowest BCUT2D eigenvalue weighted by Gasteiger charge is -2.29. The predicted molar refractivity (Wildman–Crippen MR) is 103 cm³/mol. The number of rotatable bonds is 5. The Bertz CT molecular complexity index is 893. The molecule has 0 amide bonds. The molecular weight excluding hydrogens is 328 g/mol. The molecule has 0 aliphatic carbocycles. The SMILES string of the molecule is C=C1OCc2c1cccc2-c1ccc(O)c(OC)c1OC(C)(C)C(=C)C.